The van der Waals surface area contributed by atoms with Crippen molar-refractivity contribution in [1.82, 2.24) is 4.98 Å². The number of carbonyl (C=O) groups is 1. The predicted molar refractivity (Wildman–Crippen MR) is 68.1 cm³/mol. The Morgan fingerprint density at radius 1 is 1.58 bits per heavy atom. The fraction of sp³-hybridized carbons (Fsp3) is 0.364. The average molecular weight is 265 g/mol. The van der Waals surface area contributed by atoms with Crippen LogP contribution in [0.3, 0.4) is 0 Å². The van der Waals surface area contributed by atoms with Crippen LogP contribution in [0.1, 0.15) is 10.5 Å². The Bertz CT molecular complexity index is 505. The molecule has 0 aliphatic carbocycles. The molecule has 2 heterocycles. The zero-order chi connectivity index (χ0) is 13.8. The van der Waals surface area contributed by atoms with Crippen molar-refractivity contribution in [1.29, 1.82) is 0 Å². The normalized spacial score (nSPS) is 20.3. The molecule has 0 spiro atoms. The summed E-state index contributed by atoms with van der Waals surface area (Å²) < 4.78 is 5.40. The molecule has 0 aromatic carbocycles. The second-order valence-electron chi connectivity index (χ2n) is 4.09. The van der Waals surface area contributed by atoms with Crippen molar-refractivity contribution < 1.29 is 14.7 Å². The first-order chi connectivity index (χ1) is 9.11. The second kappa shape index (κ2) is 5.53. The number of ether oxygens (including phenoxy) is 1. The number of aromatic nitrogens is 1. The van der Waals surface area contributed by atoms with Crippen molar-refractivity contribution in [2.45, 2.75) is 6.10 Å². The number of amidine groups is 1. The molecule has 8 heteroatoms. The second-order valence-corrected chi connectivity index (χ2v) is 4.09. The number of primary amides is 1. The fourth-order valence-corrected chi connectivity index (χ4v) is 1.88. The van der Waals surface area contributed by atoms with E-state index in [0.29, 0.717) is 19.7 Å². The Labute approximate surface area is 109 Å². The van der Waals surface area contributed by atoms with Crippen molar-refractivity contribution in [3.8, 4) is 0 Å². The van der Waals surface area contributed by atoms with Crippen LogP contribution in [0.4, 0.5) is 5.69 Å². The molecule has 1 amide bonds. The zero-order valence-electron chi connectivity index (χ0n) is 10.2. The highest BCUT2D eigenvalue weighted by molar-refractivity contribution is 5.91. The molecule has 8 nitrogen and oxygen atoms in total. The number of carbonyl (C=O) groups excluding carboxylic acids is 1. The van der Waals surface area contributed by atoms with Crippen molar-refractivity contribution in [3.05, 3.63) is 24.0 Å². The summed E-state index contributed by atoms with van der Waals surface area (Å²) in [4.78, 5) is 16.9. The van der Waals surface area contributed by atoms with Crippen molar-refractivity contribution in [2.24, 2.45) is 16.6 Å². The minimum absolute atomic E-state index is 0.0221. The molecule has 1 aliphatic heterocycles. The molecular weight excluding hydrogens is 250 g/mol. The summed E-state index contributed by atoms with van der Waals surface area (Å²) in [5, 5.41) is 11.6. The van der Waals surface area contributed by atoms with Gasteiger partial charge in [-0.15, -0.1) is 0 Å². The van der Waals surface area contributed by atoms with Gasteiger partial charge in [0.25, 0.3) is 5.91 Å². The smallest absolute Gasteiger partial charge is 0.267 e. The first-order valence-electron chi connectivity index (χ1n) is 5.71. The maximum Gasteiger partial charge on any atom is 0.267 e. The van der Waals surface area contributed by atoms with Gasteiger partial charge in [0, 0.05) is 18.4 Å². The SMILES string of the molecule is NC(=O)c1cc(N2CCOC(C(N)=NO)C2)ccn1. The number of nitrogens with two attached hydrogens (primary N) is 2. The lowest BCUT2D eigenvalue weighted by atomic mass is 10.2. The predicted octanol–water partition coefficient (Wildman–Crippen LogP) is -0.868. The largest absolute Gasteiger partial charge is 0.409 e. The van der Waals surface area contributed by atoms with Crippen molar-refractivity contribution >= 4 is 17.4 Å². The molecule has 19 heavy (non-hydrogen) atoms. The van der Waals surface area contributed by atoms with E-state index in [0.717, 1.165) is 5.69 Å². The number of nitrogens with zero attached hydrogens (tertiary/aromatic N) is 3. The van der Waals surface area contributed by atoms with Gasteiger partial charge in [0.1, 0.15) is 11.8 Å². The van der Waals surface area contributed by atoms with E-state index >= 15 is 0 Å². The van der Waals surface area contributed by atoms with Crippen LogP contribution in [-0.2, 0) is 4.74 Å². The molecule has 102 valence electrons. The summed E-state index contributed by atoms with van der Waals surface area (Å²) in [5.74, 6) is -0.558. The summed E-state index contributed by atoms with van der Waals surface area (Å²) in [6.45, 7) is 1.50. The molecule has 0 saturated carbocycles. The highest BCUT2D eigenvalue weighted by atomic mass is 16.5. The number of hydrogen-bond acceptors (Lipinski definition) is 6. The third-order valence-corrected chi connectivity index (χ3v) is 2.87. The topological polar surface area (TPSA) is 127 Å². The van der Waals surface area contributed by atoms with Gasteiger partial charge in [0.15, 0.2) is 5.84 Å². The van der Waals surface area contributed by atoms with Gasteiger partial charge in [0.2, 0.25) is 0 Å². The van der Waals surface area contributed by atoms with Crippen LogP contribution in [-0.4, -0.2) is 47.7 Å². The number of amides is 1. The number of anilines is 1. The van der Waals surface area contributed by atoms with E-state index in [9.17, 15) is 4.79 Å². The van der Waals surface area contributed by atoms with Crippen molar-refractivity contribution in [3.63, 3.8) is 0 Å². The molecule has 5 N–H and O–H groups in total. The lowest BCUT2D eigenvalue weighted by molar-refractivity contribution is 0.0807. The van der Waals surface area contributed by atoms with Crippen LogP contribution in [0.5, 0.6) is 0 Å². The third-order valence-electron chi connectivity index (χ3n) is 2.87. The van der Waals surface area contributed by atoms with Crippen LogP contribution < -0.4 is 16.4 Å². The highest BCUT2D eigenvalue weighted by Crippen LogP contribution is 2.18. The molecule has 2 rings (SSSR count). The van der Waals surface area contributed by atoms with E-state index < -0.39 is 12.0 Å². The van der Waals surface area contributed by atoms with E-state index in [-0.39, 0.29) is 11.5 Å². The number of rotatable bonds is 3. The summed E-state index contributed by atoms with van der Waals surface area (Å²) in [6.07, 6.45) is 1.03. The number of pyridine rings is 1. The quantitative estimate of drug-likeness (QED) is 0.282. The maximum absolute atomic E-state index is 11.1. The first kappa shape index (κ1) is 13.1. The molecule has 0 bridgehead atoms. The summed E-state index contributed by atoms with van der Waals surface area (Å²) in [7, 11) is 0. The van der Waals surface area contributed by atoms with Gasteiger partial charge in [-0.3, -0.25) is 9.78 Å². The van der Waals surface area contributed by atoms with E-state index in [1.54, 1.807) is 12.1 Å². The van der Waals surface area contributed by atoms with E-state index in [1.807, 2.05) is 4.90 Å². The Morgan fingerprint density at radius 2 is 2.37 bits per heavy atom. The van der Waals surface area contributed by atoms with Crippen LogP contribution in [0.2, 0.25) is 0 Å². The highest BCUT2D eigenvalue weighted by Gasteiger charge is 2.24. The Kier molecular flexibility index (Phi) is 3.81. The Balaban J connectivity index is 2.17. The molecule has 1 aromatic rings. The standard InChI is InChI=1S/C11H15N5O3/c12-10(15-18)9-6-16(3-4-19-9)7-1-2-14-8(5-7)11(13)17/h1-2,5,9,18H,3-4,6H2,(H2,12,15)(H2,13,17). The fourth-order valence-electron chi connectivity index (χ4n) is 1.88. The Morgan fingerprint density at radius 3 is 3.05 bits per heavy atom. The molecule has 1 aliphatic rings. The summed E-state index contributed by atoms with van der Waals surface area (Å²) >= 11 is 0. The van der Waals surface area contributed by atoms with Gasteiger partial charge in [-0.1, -0.05) is 5.16 Å². The number of hydrogen-bond donors (Lipinski definition) is 3. The van der Waals surface area contributed by atoms with Crippen LogP contribution >= 0.6 is 0 Å². The maximum atomic E-state index is 11.1. The van der Waals surface area contributed by atoms with Gasteiger partial charge in [-0.2, -0.15) is 0 Å². The molecule has 1 atom stereocenters. The van der Waals surface area contributed by atoms with E-state index in [4.69, 9.17) is 21.4 Å². The van der Waals surface area contributed by atoms with E-state index in [2.05, 4.69) is 10.1 Å². The molecule has 1 unspecified atom stereocenters. The number of oxime groups is 1. The van der Waals surface area contributed by atoms with Crippen LogP contribution in [0, 0.1) is 0 Å². The van der Waals surface area contributed by atoms with Gasteiger partial charge in [-0.25, -0.2) is 0 Å². The van der Waals surface area contributed by atoms with Crippen LogP contribution in [0.25, 0.3) is 0 Å². The lowest BCUT2D eigenvalue weighted by Gasteiger charge is -2.33. The molecular formula is C11H15N5O3. The summed E-state index contributed by atoms with van der Waals surface area (Å²) in [6, 6.07) is 3.37. The van der Waals surface area contributed by atoms with Gasteiger partial charge in [-0.05, 0) is 12.1 Å². The van der Waals surface area contributed by atoms with Gasteiger partial charge < -0.3 is 26.3 Å². The van der Waals surface area contributed by atoms with Crippen LogP contribution in [0.15, 0.2) is 23.5 Å². The zero-order valence-corrected chi connectivity index (χ0v) is 10.2. The number of morpholine rings is 1. The molecule has 1 fully saturated rings. The molecule has 1 saturated heterocycles. The average Bonchev–Trinajstić information content (AvgIpc) is 2.46. The Hall–Kier alpha value is -2.35. The lowest BCUT2D eigenvalue weighted by Crippen LogP contribution is -2.48. The van der Waals surface area contributed by atoms with E-state index in [1.165, 1.54) is 6.20 Å². The summed E-state index contributed by atoms with van der Waals surface area (Å²) in [5.41, 5.74) is 11.7. The van der Waals surface area contributed by atoms with Crippen molar-refractivity contribution in [2.75, 3.05) is 24.6 Å². The molecule has 1 aromatic heterocycles. The minimum atomic E-state index is -0.580. The minimum Gasteiger partial charge on any atom is -0.409 e. The molecule has 0 radical (unpaired) electrons. The van der Waals surface area contributed by atoms with Gasteiger partial charge in [0.05, 0.1) is 13.2 Å². The monoisotopic (exact) mass is 265 g/mol. The first-order valence-corrected chi connectivity index (χ1v) is 5.71. The van der Waals surface area contributed by atoms with Gasteiger partial charge >= 0.3 is 0 Å². The third kappa shape index (κ3) is 2.91.